The zero-order valence-electron chi connectivity index (χ0n) is 10.0. The first-order chi connectivity index (χ1) is 7.18. The van der Waals surface area contributed by atoms with Crippen molar-refractivity contribution in [3.05, 3.63) is 12.3 Å². The van der Waals surface area contributed by atoms with Crippen LogP contribution < -0.4 is 5.73 Å². The molecule has 0 spiro atoms. The highest BCUT2D eigenvalue weighted by Crippen LogP contribution is 2.06. The van der Waals surface area contributed by atoms with Crippen molar-refractivity contribution in [2.24, 2.45) is 5.73 Å². The molecule has 0 saturated carbocycles. The zero-order chi connectivity index (χ0) is 11.1. The predicted octanol–water partition coefficient (Wildman–Crippen LogP) is 1.27. The first kappa shape index (κ1) is 12.5. The van der Waals surface area contributed by atoms with Gasteiger partial charge >= 0.3 is 0 Å². The van der Waals surface area contributed by atoms with E-state index in [-0.39, 0.29) is 0 Å². The average molecular weight is 211 g/mol. The largest absolute Gasteiger partial charge is 0.403 e. The van der Waals surface area contributed by atoms with Gasteiger partial charge in [0.25, 0.3) is 0 Å². The maximum atomic E-state index is 5.52. The van der Waals surface area contributed by atoms with Crippen LogP contribution in [0.3, 0.4) is 0 Å². The van der Waals surface area contributed by atoms with Gasteiger partial charge in [-0.1, -0.05) is 13.0 Å². The summed E-state index contributed by atoms with van der Waals surface area (Å²) in [5.41, 5.74) is 6.35. The molecule has 1 heterocycles. The van der Waals surface area contributed by atoms with Crippen molar-refractivity contribution in [1.29, 1.82) is 0 Å². The summed E-state index contributed by atoms with van der Waals surface area (Å²) in [5.74, 6) is 0. The summed E-state index contributed by atoms with van der Waals surface area (Å²) in [6.07, 6.45) is 4.77. The molecule has 1 aliphatic rings. The second-order valence-corrected chi connectivity index (χ2v) is 4.61. The molecule has 2 N–H and O–H groups in total. The maximum Gasteiger partial charge on any atom is 0.0110 e. The Morgan fingerprint density at radius 3 is 2.40 bits per heavy atom. The van der Waals surface area contributed by atoms with E-state index in [1.54, 1.807) is 0 Å². The highest BCUT2D eigenvalue weighted by Gasteiger charge is 2.12. The molecule has 1 rings (SSSR count). The molecule has 1 aliphatic heterocycles. The fourth-order valence-electron chi connectivity index (χ4n) is 1.94. The van der Waals surface area contributed by atoms with Crippen LogP contribution in [0.25, 0.3) is 0 Å². The third-order valence-electron chi connectivity index (χ3n) is 3.07. The quantitative estimate of drug-likeness (QED) is 0.672. The van der Waals surface area contributed by atoms with Gasteiger partial charge in [-0.2, -0.15) is 0 Å². The highest BCUT2D eigenvalue weighted by atomic mass is 15.2. The normalized spacial score (nSPS) is 19.3. The number of unbranched alkanes of at least 4 members (excludes halogenated alkanes) is 2. The fraction of sp³-hybridized carbons (Fsp3) is 0.833. The number of hydrogen-bond donors (Lipinski definition) is 1. The Balaban J connectivity index is 1.94. The van der Waals surface area contributed by atoms with E-state index < -0.39 is 0 Å². The molecule has 88 valence electrons. The molecular weight excluding hydrogens is 186 g/mol. The van der Waals surface area contributed by atoms with E-state index in [4.69, 9.17) is 5.73 Å². The molecule has 0 unspecified atom stereocenters. The van der Waals surface area contributed by atoms with Crippen molar-refractivity contribution < 1.29 is 0 Å². The Morgan fingerprint density at radius 1 is 1.13 bits per heavy atom. The molecule has 0 aromatic heterocycles. The van der Waals surface area contributed by atoms with Crippen LogP contribution in [0.15, 0.2) is 12.3 Å². The summed E-state index contributed by atoms with van der Waals surface area (Å²) in [7, 11) is 2.20. The maximum absolute atomic E-state index is 5.52. The molecule has 0 bridgehead atoms. The predicted molar refractivity (Wildman–Crippen MR) is 65.7 cm³/mol. The van der Waals surface area contributed by atoms with Crippen LogP contribution in [-0.2, 0) is 0 Å². The van der Waals surface area contributed by atoms with Gasteiger partial charge in [0.05, 0.1) is 0 Å². The number of rotatable bonds is 6. The van der Waals surface area contributed by atoms with E-state index >= 15 is 0 Å². The summed E-state index contributed by atoms with van der Waals surface area (Å²) in [4.78, 5) is 4.96. The number of nitrogens with two attached hydrogens (primary N) is 1. The molecular formula is C12H25N3. The Bertz CT molecular complexity index is 183. The van der Waals surface area contributed by atoms with Gasteiger partial charge in [-0.25, -0.2) is 0 Å². The number of allylic oxidation sites excluding steroid dienone is 1. The minimum Gasteiger partial charge on any atom is -0.403 e. The number of likely N-dealkylation sites (N-methyl/N-ethyl adjacent to an activating group) is 1. The molecule has 0 aromatic rings. The van der Waals surface area contributed by atoms with E-state index in [1.165, 1.54) is 52.0 Å². The van der Waals surface area contributed by atoms with Gasteiger partial charge in [-0.05, 0) is 32.9 Å². The van der Waals surface area contributed by atoms with Crippen LogP contribution in [-0.4, -0.2) is 49.6 Å². The van der Waals surface area contributed by atoms with Gasteiger partial charge in [0, 0.05) is 31.9 Å². The minimum absolute atomic E-state index is 0.828. The Hall–Kier alpha value is -0.540. The van der Waals surface area contributed by atoms with Crippen LogP contribution in [0.5, 0.6) is 0 Å². The second kappa shape index (κ2) is 6.85. The lowest BCUT2D eigenvalue weighted by molar-refractivity contribution is 0.152. The molecule has 0 atom stereocenters. The minimum atomic E-state index is 0.828. The van der Waals surface area contributed by atoms with Crippen LogP contribution >= 0.6 is 0 Å². The van der Waals surface area contributed by atoms with Crippen molar-refractivity contribution in [2.45, 2.75) is 25.7 Å². The van der Waals surface area contributed by atoms with Crippen molar-refractivity contribution in [1.82, 2.24) is 9.80 Å². The van der Waals surface area contributed by atoms with Gasteiger partial charge in [0.15, 0.2) is 0 Å². The van der Waals surface area contributed by atoms with E-state index in [0.717, 1.165) is 12.1 Å². The van der Waals surface area contributed by atoms with E-state index in [1.807, 2.05) is 0 Å². The second-order valence-electron chi connectivity index (χ2n) is 4.61. The van der Waals surface area contributed by atoms with Crippen molar-refractivity contribution >= 4 is 0 Å². The molecule has 0 amide bonds. The SMILES string of the molecule is C=C(N)CCCCCN1CCN(C)CC1. The third-order valence-corrected chi connectivity index (χ3v) is 3.07. The van der Waals surface area contributed by atoms with Crippen molar-refractivity contribution in [2.75, 3.05) is 39.8 Å². The first-order valence-electron chi connectivity index (χ1n) is 6.02. The lowest BCUT2D eigenvalue weighted by Crippen LogP contribution is -2.44. The lowest BCUT2D eigenvalue weighted by atomic mass is 10.1. The van der Waals surface area contributed by atoms with Crippen molar-refractivity contribution in [3.63, 3.8) is 0 Å². The molecule has 0 aliphatic carbocycles. The summed E-state index contributed by atoms with van der Waals surface area (Å²) in [6, 6.07) is 0. The zero-order valence-corrected chi connectivity index (χ0v) is 10.0. The Morgan fingerprint density at radius 2 is 1.80 bits per heavy atom. The Labute approximate surface area is 93.9 Å². The molecule has 1 saturated heterocycles. The van der Waals surface area contributed by atoms with Gasteiger partial charge in [0.2, 0.25) is 0 Å². The van der Waals surface area contributed by atoms with Gasteiger partial charge in [-0.3, -0.25) is 0 Å². The molecule has 15 heavy (non-hydrogen) atoms. The number of hydrogen-bond acceptors (Lipinski definition) is 3. The van der Waals surface area contributed by atoms with E-state index in [0.29, 0.717) is 0 Å². The average Bonchev–Trinajstić information content (AvgIpc) is 2.20. The Kier molecular flexibility index (Phi) is 5.73. The standard InChI is InChI=1S/C12H25N3/c1-12(13)6-4-3-5-7-15-10-8-14(2)9-11-15/h1,3-11,13H2,2H3. The van der Waals surface area contributed by atoms with Crippen LogP contribution in [0, 0.1) is 0 Å². The summed E-state index contributed by atoms with van der Waals surface area (Å²) in [5, 5.41) is 0. The van der Waals surface area contributed by atoms with Crippen molar-refractivity contribution in [3.8, 4) is 0 Å². The van der Waals surface area contributed by atoms with Crippen LogP contribution in [0.4, 0.5) is 0 Å². The topological polar surface area (TPSA) is 32.5 Å². The summed E-state index contributed by atoms with van der Waals surface area (Å²) < 4.78 is 0. The smallest absolute Gasteiger partial charge is 0.0110 e. The van der Waals surface area contributed by atoms with E-state index in [9.17, 15) is 0 Å². The highest BCUT2D eigenvalue weighted by molar-refractivity contribution is 4.85. The molecule has 3 nitrogen and oxygen atoms in total. The summed E-state index contributed by atoms with van der Waals surface area (Å²) >= 11 is 0. The molecule has 0 radical (unpaired) electrons. The van der Waals surface area contributed by atoms with Crippen LogP contribution in [0.1, 0.15) is 25.7 Å². The molecule has 3 heteroatoms. The number of nitrogens with zero attached hydrogens (tertiary/aromatic N) is 2. The lowest BCUT2D eigenvalue weighted by Gasteiger charge is -2.32. The molecule has 1 fully saturated rings. The van der Waals surface area contributed by atoms with Gasteiger partial charge in [-0.15, -0.1) is 0 Å². The summed E-state index contributed by atoms with van der Waals surface area (Å²) in [6.45, 7) is 9.88. The van der Waals surface area contributed by atoms with Gasteiger partial charge in [0.1, 0.15) is 0 Å². The van der Waals surface area contributed by atoms with Crippen LogP contribution in [0.2, 0.25) is 0 Å². The fourth-order valence-corrected chi connectivity index (χ4v) is 1.94. The first-order valence-corrected chi connectivity index (χ1v) is 6.02. The molecule has 0 aromatic carbocycles. The third kappa shape index (κ3) is 5.80. The number of piperazine rings is 1. The monoisotopic (exact) mass is 211 g/mol. The van der Waals surface area contributed by atoms with Gasteiger partial charge < -0.3 is 15.5 Å². The van der Waals surface area contributed by atoms with E-state index in [2.05, 4.69) is 23.4 Å².